The normalized spacial score (nSPS) is 16.3. The van der Waals surface area contributed by atoms with Crippen LogP contribution in [-0.4, -0.2) is 14.5 Å². The van der Waals surface area contributed by atoms with Crippen LogP contribution < -0.4 is 0 Å². The molecule has 0 N–H and O–H groups in total. The van der Waals surface area contributed by atoms with Crippen LogP contribution in [0.5, 0.6) is 0 Å². The van der Waals surface area contributed by atoms with Gasteiger partial charge in [0.2, 0.25) is 0 Å². The van der Waals surface area contributed by atoms with Crippen molar-refractivity contribution >= 4 is 39.2 Å². The lowest BCUT2D eigenvalue weighted by Crippen LogP contribution is -2.05. The van der Waals surface area contributed by atoms with Gasteiger partial charge in [-0.1, -0.05) is 24.6 Å². The topological polar surface area (TPSA) is 43.9 Å². The number of benzene rings is 1. The van der Waals surface area contributed by atoms with Crippen LogP contribution in [0.25, 0.3) is 44.9 Å². The number of aryl methyl sites for hydroxylation is 1. The van der Waals surface area contributed by atoms with Gasteiger partial charge in [0.25, 0.3) is 0 Å². The number of nitrogens with zero attached hydrogens (tertiary/aromatic N) is 3. The molecule has 0 amide bonds. The SMILES string of the molecule is Cc1ccc2c(c1)c1c(n2-c2ccnc3c2oc2cccnc23)C=CC(C)C1. The molecule has 0 radical (unpaired) electrons. The van der Waals surface area contributed by atoms with Crippen LogP contribution in [-0.2, 0) is 6.42 Å². The van der Waals surface area contributed by atoms with E-state index in [1.54, 1.807) is 6.20 Å². The second-order valence-corrected chi connectivity index (χ2v) is 7.72. The third-order valence-corrected chi connectivity index (χ3v) is 5.71. The molecule has 1 unspecified atom stereocenters. The Morgan fingerprint density at radius 2 is 1.96 bits per heavy atom. The summed E-state index contributed by atoms with van der Waals surface area (Å²) in [5.74, 6) is 0.542. The Bertz CT molecular complexity index is 1420. The van der Waals surface area contributed by atoms with Crippen LogP contribution in [0, 0.1) is 12.8 Å². The monoisotopic (exact) mass is 365 g/mol. The van der Waals surface area contributed by atoms with Gasteiger partial charge in [0.15, 0.2) is 11.2 Å². The number of fused-ring (bicyclic) bond motifs is 6. The average molecular weight is 365 g/mol. The second kappa shape index (κ2) is 5.55. The fraction of sp³-hybridized carbons (Fsp3) is 0.167. The Labute approximate surface area is 162 Å². The molecule has 1 aromatic carbocycles. The molecule has 28 heavy (non-hydrogen) atoms. The predicted octanol–water partition coefficient (Wildman–Crippen LogP) is 5.83. The molecule has 136 valence electrons. The highest BCUT2D eigenvalue weighted by Crippen LogP contribution is 2.38. The fourth-order valence-corrected chi connectivity index (χ4v) is 4.43. The molecule has 0 spiro atoms. The second-order valence-electron chi connectivity index (χ2n) is 7.72. The number of hydrogen-bond donors (Lipinski definition) is 0. The van der Waals surface area contributed by atoms with E-state index in [1.807, 2.05) is 24.4 Å². The summed E-state index contributed by atoms with van der Waals surface area (Å²) in [4.78, 5) is 9.05. The van der Waals surface area contributed by atoms with Gasteiger partial charge in [0, 0.05) is 23.5 Å². The van der Waals surface area contributed by atoms with Gasteiger partial charge in [-0.15, -0.1) is 0 Å². The minimum Gasteiger partial charge on any atom is -0.450 e. The number of aromatic nitrogens is 3. The van der Waals surface area contributed by atoms with E-state index in [4.69, 9.17) is 4.42 Å². The number of furan rings is 1. The number of pyridine rings is 2. The van der Waals surface area contributed by atoms with Crippen LogP contribution in [0.2, 0.25) is 0 Å². The highest BCUT2D eigenvalue weighted by atomic mass is 16.3. The summed E-state index contributed by atoms with van der Waals surface area (Å²) in [5, 5.41) is 1.32. The van der Waals surface area contributed by atoms with Crippen molar-refractivity contribution in [1.82, 2.24) is 14.5 Å². The maximum Gasteiger partial charge on any atom is 0.179 e. The smallest absolute Gasteiger partial charge is 0.179 e. The van der Waals surface area contributed by atoms with Gasteiger partial charge in [-0.25, -0.2) is 0 Å². The predicted molar refractivity (Wildman–Crippen MR) is 113 cm³/mol. The van der Waals surface area contributed by atoms with Crippen molar-refractivity contribution in [3.63, 3.8) is 0 Å². The van der Waals surface area contributed by atoms with Gasteiger partial charge in [0.1, 0.15) is 11.0 Å². The molecule has 5 aromatic rings. The van der Waals surface area contributed by atoms with Crippen LogP contribution in [0.4, 0.5) is 0 Å². The van der Waals surface area contributed by atoms with Gasteiger partial charge in [0.05, 0.1) is 11.2 Å². The molecular weight excluding hydrogens is 346 g/mol. The minimum absolute atomic E-state index is 0.542. The van der Waals surface area contributed by atoms with Crippen LogP contribution in [0.15, 0.2) is 59.3 Å². The van der Waals surface area contributed by atoms with Crippen molar-refractivity contribution in [2.75, 3.05) is 0 Å². The zero-order valence-corrected chi connectivity index (χ0v) is 15.8. The van der Waals surface area contributed by atoms with E-state index in [-0.39, 0.29) is 0 Å². The molecule has 1 aliphatic carbocycles. The Kier molecular flexibility index (Phi) is 3.10. The maximum atomic E-state index is 6.22. The zero-order chi connectivity index (χ0) is 18.8. The Morgan fingerprint density at radius 3 is 2.89 bits per heavy atom. The van der Waals surface area contributed by atoms with Gasteiger partial charge in [-0.2, -0.15) is 0 Å². The van der Waals surface area contributed by atoms with Crippen molar-refractivity contribution in [2.24, 2.45) is 5.92 Å². The first-order valence-corrected chi connectivity index (χ1v) is 9.65. The largest absolute Gasteiger partial charge is 0.450 e. The minimum atomic E-state index is 0.542. The van der Waals surface area contributed by atoms with Gasteiger partial charge < -0.3 is 8.98 Å². The van der Waals surface area contributed by atoms with Gasteiger partial charge in [-0.3, -0.25) is 9.97 Å². The van der Waals surface area contributed by atoms with E-state index in [9.17, 15) is 0 Å². The van der Waals surface area contributed by atoms with E-state index in [0.717, 1.165) is 34.3 Å². The van der Waals surface area contributed by atoms with E-state index < -0.39 is 0 Å². The molecular formula is C24H19N3O. The molecule has 0 bridgehead atoms. The van der Waals surface area contributed by atoms with Crippen molar-refractivity contribution in [2.45, 2.75) is 20.3 Å². The molecule has 0 aliphatic heterocycles. The summed E-state index contributed by atoms with van der Waals surface area (Å²) in [6, 6.07) is 12.6. The molecule has 4 heterocycles. The Hall–Kier alpha value is -3.40. The summed E-state index contributed by atoms with van der Waals surface area (Å²) in [6.45, 7) is 4.43. The summed E-state index contributed by atoms with van der Waals surface area (Å²) < 4.78 is 8.54. The standard InChI is InChI=1S/C24H19N3O/c1-14-5-7-18-16(12-14)17-13-15(2)6-8-19(17)27(18)20-9-11-26-23-22-21(28-24(20)23)4-3-10-25-22/h3-12,15H,13H2,1-2H3. The Balaban J connectivity index is 1.76. The average Bonchev–Trinajstić information content (AvgIpc) is 3.23. The first kappa shape index (κ1) is 15.6. The molecule has 0 saturated heterocycles. The van der Waals surface area contributed by atoms with Crippen LogP contribution >= 0.6 is 0 Å². The Morgan fingerprint density at radius 1 is 1.07 bits per heavy atom. The summed E-state index contributed by atoms with van der Waals surface area (Å²) in [6.07, 6.45) is 9.23. The summed E-state index contributed by atoms with van der Waals surface area (Å²) >= 11 is 0. The van der Waals surface area contributed by atoms with Gasteiger partial charge in [-0.05, 0) is 61.2 Å². The highest BCUT2D eigenvalue weighted by Gasteiger charge is 2.23. The van der Waals surface area contributed by atoms with Gasteiger partial charge >= 0.3 is 0 Å². The molecule has 6 rings (SSSR count). The van der Waals surface area contributed by atoms with Crippen molar-refractivity contribution in [1.29, 1.82) is 0 Å². The summed E-state index contributed by atoms with van der Waals surface area (Å²) in [7, 11) is 0. The lowest BCUT2D eigenvalue weighted by Gasteiger charge is -2.15. The van der Waals surface area contributed by atoms with E-state index in [2.05, 4.69) is 58.7 Å². The third kappa shape index (κ3) is 2.06. The maximum absolute atomic E-state index is 6.22. The zero-order valence-electron chi connectivity index (χ0n) is 15.8. The molecule has 4 aromatic heterocycles. The highest BCUT2D eigenvalue weighted by molar-refractivity contribution is 6.03. The number of rotatable bonds is 1. The quantitative estimate of drug-likeness (QED) is 0.375. The van der Waals surface area contributed by atoms with Crippen molar-refractivity contribution in [3.05, 3.63) is 71.7 Å². The lowest BCUT2D eigenvalue weighted by molar-refractivity contribution is 0.663. The van der Waals surface area contributed by atoms with Crippen LogP contribution in [0.3, 0.4) is 0 Å². The fourth-order valence-electron chi connectivity index (χ4n) is 4.43. The molecule has 4 nitrogen and oxygen atoms in total. The van der Waals surface area contributed by atoms with E-state index in [1.165, 1.54) is 27.7 Å². The van der Waals surface area contributed by atoms with E-state index >= 15 is 0 Å². The molecule has 4 heteroatoms. The van der Waals surface area contributed by atoms with Crippen LogP contribution in [0.1, 0.15) is 23.7 Å². The first-order valence-electron chi connectivity index (χ1n) is 9.65. The molecule has 0 saturated carbocycles. The number of allylic oxidation sites excluding steroid dienone is 1. The third-order valence-electron chi connectivity index (χ3n) is 5.71. The van der Waals surface area contributed by atoms with Crippen molar-refractivity contribution < 1.29 is 4.42 Å². The first-order chi connectivity index (χ1) is 13.7. The molecule has 1 aliphatic rings. The van der Waals surface area contributed by atoms with E-state index in [0.29, 0.717) is 5.92 Å². The summed E-state index contributed by atoms with van der Waals surface area (Å²) in [5.41, 5.74) is 9.31. The number of hydrogen-bond acceptors (Lipinski definition) is 3. The lowest BCUT2D eigenvalue weighted by atomic mass is 9.93. The molecule has 0 fully saturated rings. The molecule has 1 atom stereocenters. The van der Waals surface area contributed by atoms with Crippen molar-refractivity contribution in [3.8, 4) is 5.69 Å².